The number of fused-ring (bicyclic) bond motifs is 1. The molecule has 0 aliphatic heterocycles. The number of anilines is 2. The van der Waals surface area contributed by atoms with Gasteiger partial charge in [-0.15, -0.1) is 0 Å². The van der Waals surface area contributed by atoms with Crippen LogP contribution in [0.1, 0.15) is 27.2 Å². The number of nitrogens with one attached hydrogen (secondary N) is 3. The Kier molecular flexibility index (Phi) is 6.95. The maximum Gasteiger partial charge on any atom is 0.328 e. The van der Waals surface area contributed by atoms with Crippen LogP contribution < -0.4 is 16.1 Å². The van der Waals surface area contributed by atoms with E-state index < -0.39 is 17.7 Å². The largest absolute Gasteiger partial charge is 0.328 e. The quantitative estimate of drug-likeness (QED) is 0.273. The Balaban J connectivity index is 1.64. The van der Waals surface area contributed by atoms with E-state index in [-0.39, 0.29) is 5.69 Å². The Morgan fingerprint density at radius 1 is 0.800 bits per heavy atom. The molecule has 4 aromatic rings. The number of carbonyl (C=O) groups excluding carboxylic acids is 3. The highest BCUT2D eigenvalue weighted by Gasteiger charge is 2.22. The molecule has 0 saturated heterocycles. The van der Waals surface area contributed by atoms with E-state index in [1.165, 1.54) is 4.68 Å². The van der Waals surface area contributed by atoms with Gasteiger partial charge in [0.2, 0.25) is 0 Å². The molecule has 0 atom stereocenters. The van der Waals surface area contributed by atoms with Crippen LogP contribution in [0.5, 0.6) is 0 Å². The molecule has 0 unspecified atom stereocenters. The number of halogens is 2. The van der Waals surface area contributed by atoms with Gasteiger partial charge in [-0.1, -0.05) is 23.7 Å². The summed E-state index contributed by atoms with van der Waals surface area (Å²) in [6.07, 6.45) is 0. The molecule has 3 aromatic carbocycles. The zero-order valence-corrected chi connectivity index (χ0v) is 21.5. The van der Waals surface area contributed by atoms with E-state index >= 15 is 0 Å². The second-order valence-electron chi connectivity index (χ2n) is 8.28. The topological polar surface area (TPSA) is 92.2 Å². The molecule has 7 nitrogen and oxygen atoms in total. The molecule has 0 aliphatic rings. The van der Waals surface area contributed by atoms with Crippen LogP contribution in [-0.4, -0.2) is 22.4 Å². The molecule has 0 aliphatic carbocycles. The van der Waals surface area contributed by atoms with E-state index in [1.807, 2.05) is 39.0 Å². The van der Waals surface area contributed by atoms with Gasteiger partial charge in [-0.05, 0) is 102 Å². The van der Waals surface area contributed by atoms with Crippen LogP contribution >= 0.6 is 27.5 Å². The smallest absolute Gasteiger partial charge is 0.320 e. The van der Waals surface area contributed by atoms with E-state index in [9.17, 15) is 14.4 Å². The molecule has 3 N–H and O–H groups in total. The fourth-order valence-electron chi connectivity index (χ4n) is 3.77. The Morgan fingerprint density at radius 2 is 1.51 bits per heavy atom. The summed E-state index contributed by atoms with van der Waals surface area (Å²) in [5.74, 6) is -2.27. The molecule has 3 amide bonds. The lowest BCUT2D eigenvalue weighted by Gasteiger charge is -2.14. The maximum atomic E-state index is 13.2. The molecule has 0 bridgehead atoms. The average Bonchev–Trinajstić information content (AvgIpc) is 3.12. The summed E-state index contributed by atoms with van der Waals surface area (Å²) < 4.78 is 2.00. The molecular weight excluding hydrogens is 532 g/mol. The number of amides is 3. The normalized spacial score (nSPS) is 10.8. The van der Waals surface area contributed by atoms with Gasteiger partial charge in [-0.3, -0.25) is 19.8 Å². The minimum Gasteiger partial charge on any atom is -0.320 e. The minimum absolute atomic E-state index is 0.127. The van der Waals surface area contributed by atoms with Gasteiger partial charge in [0.25, 0.3) is 5.91 Å². The Bertz CT molecular complexity index is 1480. The van der Waals surface area contributed by atoms with E-state index in [4.69, 9.17) is 11.6 Å². The monoisotopic (exact) mass is 552 g/mol. The number of aromatic nitrogens is 1. The van der Waals surface area contributed by atoms with Gasteiger partial charge in [0.1, 0.15) is 5.69 Å². The van der Waals surface area contributed by atoms with Crippen molar-refractivity contribution in [2.24, 2.45) is 0 Å². The summed E-state index contributed by atoms with van der Waals surface area (Å²) in [5, 5.41) is 6.53. The standard InChI is InChI=1S/C26H22BrClN4O3/c1-14-4-6-21(20(27)11-14)30-24(33)23-13-17-12-18(28)5-7-22(17)32(23)31-26(35)25(34)29-19-9-15(2)8-16(3)10-19/h4-13H,1-3H3,(H,29,34)(H,30,33)(H,31,35). The number of rotatable bonds is 4. The van der Waals surface area contributed by atoms with Crippen LogP contribution in [0, 0.1) is 20.8 Å². The van der Waals surface area contributed by atoms with Gasteiger partial charge >= 0.3 is 11.8 Å². The zero-order valence-electron chi connectivity index (χ0n) is 19.2. The SMILES string of the molecule is Cc1cc(C)cc(NC(=O)C(=O)Nn2c(C(=O)Nc3ccc(C)cc3Br)cc3cc(Cl)ccc32)c1. The highest BCUT2D eigenvalue weighted by molar-refractivity contribution is 9.10. The van der Waals surface area contributed by atoms with Crippen molar-refractivity contribution in [1.29, 1.82) is 0 Å². The first-order valence-electron chi connectivity index (χ1n) is 10.7. The highest BCUT2D eigenvalue weighted by Crippen LogP contribution is 2.26. The van der Waals surface area contributed by atoms with Crippen LogP contribution in [-0.2, 0) is 9.59 Å². The van der Waals surface area contributed by atoms with Gasteiger partial charge in [0.15, 0.2) is 0 Å². The minimum atomic E-state index is -0.929. The molecule has 0 spiro atoms. The fourth-order valence-corrected chi connectivity index (χ4v) is 4.54. The summed E-state index contributed by atoms with van der Waals surface area (Å²) in [5.41, 5.74) is 7.19. The lowest BCUT2D eigenvalue weighted by Crippen LogP contribution is -2.36. The maximum absolute atomic E-state index is 13.2. The predicted molar refractivity (Wildman–Crippen MR) is 143 cm³/mol. The highest BCUT2D eigenvalue weighted by atomic mass is 79.9. The molecule has 178 valence electrons. The molecule has 9 heteroatoms. The third-order valence-corrected chi connectivity index (χ3v) is 6.16. The summed E-state index contributed by atoms with van der Waals surface area (Å²) in [4.78, 5) is 38.7. The van der Waals surface area contributed by atoms with Crippen molar-refractivity contribution < 1.29 is 14.4 Å². The van der Waals surface area contributed by atoms with Gasteiger partial charge in [-0.25, -0.2) is 4.68 Å². The second-order valence-corrected chi connectivity index (χ2v) is 9.57. The summed E-state index contributed by atoms with van der Waals surface area (Å²) in [6, 6.07) is 17.6. The fraction of sp³-hybridized carbons (Fsp3) is 0.115. The van der Waals surface area contributed by atoms with Crippen LogP contribution in [0.4, 0.5) is 11.4 Å². The predicted octanol–water partition coefficient (Wildman–Crippen LogP) is 5.94. The molecule has 4 rings (SSSR count). The lowest BCUT2D eigenvalue weighted by molar-refractivity contribution is -0.133. The molecule has 1 heterocycles. The van der Waals surface area contributed by atoms with Crippen LogP contribution in [0.15, 0.2) is 65.1 Å². The van der Waals surface area contributed by atoms with Crippen molar-refractivity contribution in [3.8, 4) is 0 Å². The van der Waals surface area contributed by atoms with Crippen LogP contribution in [0.2, 0.25) is 5.02 Å². The van der Waals surface area contributed by atoms with E-state index in [0.717, 1.165) is 16.7 Å². The number of hydrogen-bond donors (Lipinski definition) is 3. The lowest BCUT2D eigenvalue weighted by atomic mass is 10.1. The van der Waals surface area contributed by atoms with Crippen LogP contribution in [0.25, 0.3) is 10.9 Å². The molecule has 0 saturated carbocycles. The average molecular weight is 554 g/mol. The van der Waals surface area contributed by atoms with Gasteiger partial charge in [-0.2, -0.15) is 0 Å². The van der Waals surface area contributed by atoms with Crippen molar-refractivity contribution in [1.82, 2.24) is 4.68 Å². The zero-order chi connectivity index (χ0) is 25.3. The first kappa shape index (κ1) is 24.5. The molecule has 35 heavy (non-hydrogen) atoms. The third-order valence-electron chi connectivity index (χ3n) is 5.27. The number of nitrogens with zero attached hydrogens (tertiary/aromatic N) is 1. The van der Waals surface area contributed by atoms with Crippen molar-refractivity contribution in [2.45, 2.75) is 20.8 Å². The number of carbonyl (C=O) groups is 3. The summed E-state index contributed by atoms with van der Waals surface area (Å²) >= 11 is 9.58. The Morgan fingerprint density at radius 3 is 2.20 bits per heavy atom. The van der Waals surface area contributed by atoms with Gasteiger partial charge in [0, 0.05) is 20.6 Å². The van der Waals surface area contributed by atoms with E-state index in [0.29, 0.717) is 31.8 Å². The summed E-state index contributed by atoms with van der Waals surface area (Å²) in [6.45, 7) is 5.74. The Hall–Kier alpha value is -3.62. The van der Waals surface area contributed by atoms with Gasteiger partial charge < -0.3 is 10.6 Å². The number of aryl methyl sites for hydroxylation is 3. The second kappa shape index (κ2) is 9.93. The summed E-state index contributed by atoms with van der Waals surface area (Å²) in [7, 11) is 0. The Labute approximate surface area is 215 Å². The first-order valence-corrected chi connectivity index (χ1v) is 11.9. The first-order chi connectivity index (χ1) is 16.6. The van der Waals surface area contributed by atoms with Crippen molar-refractivity contribution in [2.75, 3.05) is 16.1 Å². The molecular formula is C26H22BrClN4O3. The van der Waals surface area contributed by atoms with Crippen molar-refractivity contribution in [3.05, 3.63) is 92.5 Å². The molecule has 0 radical (unpaired) electrons. The third kappa shape index (κ3) is 5.55. The number of benzene rings is 3. The molecule has 0 fully saturated rings. The van der Waals surface area contributed by atoms with Crippen molar-refractivity contribution >= 4 is 67.5 Å². The van der Waals surface area contributed by atoms with Crippen LogP contribution in [0.3, 0.4) is 0 Å². The van der Waals surface area contributed by atoms with Gasteiger partial charge in [0.05, 0.1) is 11.2 Å². The number of hydrogen-bond acceptors (Lipinski definition) is 3. The van der Waals surface area contributed by atoms with Crippen molar-refractivity contribution in [3.63, 3.8) is 0 Å². The van der Waals surface area contributed by atoms with E-state index in [2.05, 4.69) is 32.0 Å². The molecule has 1 aromatic heterocycles. The van der Waals surface area contributed by atoms with E-state index in [1.54, 1.807) is 42.5 Å².